The van der Waals surface area contributed by atoms with Crippen LogP contribution in [0.15, 0.2) is 41.0 Å². The minimum absolute atomic E-state index is 0.637. The van der Waals surface area contributed by atoms with Crippen molar-refractivity contribution in [2.75, 3.05) is 17.2 Å². The number of rotatable bonds is 5. The molecule has 0 radical (unpaired) electrons. The molecular weight excluding hydrogens is 292 g/mol. The molecule has 0 atom stereocenters. The first-order valence-electron chi connectivity index (χ1n) is 5.88. The van der Waals surface area contributed by atoms with Crippen molar-refractivity contribution >= 4 is 33.4 Å². The van der Waals surface area contributed by atoms with Gasteiger partial charge in [-0.2, -0.15) is 4.98 Å². The molecule has 2 aromatic rings. The first-order valence-corrected chi connectivity index (χ1v) is 6.67. The summed E-state index contributed by atoms with van der Waals surface area (Å²) in [4.78, 5) is 8.63. The Labute approximate surface area is 115 Å². The predicted molar refractivity (Wildman–Crippen MR) is 78.2 cm³/mol. The van der Waals surface area contributed by atoms with E-state index in [0.717, 1.165) is 28.9 Å². The fraction of sp³-hybridized carbons (Fsp3) is 0.231. The van der Waals surface area contributed by atoms with Crippen LogP contribution in [0, 0.1) is 0 Å². The Morgan fingerprint density at radius 3 is 2.72 bits per heavy atom. The topological polar surface area (TPSA) is 49.8 Å². The maximum absolute atomic E-state index is 4.42. The summed E-state index contributed by atoms with van der Waals surface area (Å²) in [6.07, 6.45) is 2.79. The molecule has 2 rings (SSSR count). The first-order chi connectivity index (χ1) is 8.79. The Bertz CT molecular complexity index is 502. The summed E-state index contributed by atoms with van der Waals surface area (Å²) in [5.74, 6) is 1.40. The Kier molecular flexibility index (Phi) is 4.52. The molecule has 0 amide bonds. The Morgan fingerprint density at radius 2 is 2.00 bits per heavy atom. The fourth-order valence-electron chi connectivity index (χ4n) is 1.43. The highest BCUT2D eigenvalue weighted by Gasteiger charge is 2.04. The third-order valence-corrected chi connectivity index (χ3v) is 2.89. The zero-order valence-electron chi connectivity index (χ0n) is 10.2. The third kappa shape index (κ3) is 3.43. The van der Waals surface area contributed by atoms with Crippen molar-refractivity contribution in [2.45, 2.75) is 13.3 Å². The van der Waals surface area contributed by atoms with Crippen molar-refractivity contribution in [2.24, 2.45) is 0 Å². The van der Waals surface area contributed by atoms with E-state index in [9.17, 15) is 0 Å². The van der Waals surface area contributed by atoms with Crippen LogP contribution < -0.4 is 10.6 Å². The van der Waals surface area contributed by atoms with E-state index in [1.807, 2.05) is 30.3 Å². The Morgan fingerprint density at radius 1 is 1.22 bits per heavy atom. The lowest BCUT2D eigenvalue weighted by molar-refractivity contribution is 0.952. The molecule has 0 saturated heterocycles. The Balaban J connectivity index is 2.16. The number of para-hydroxylation sites is 1. The summed E-state index contributed by atoms with van der Waals surface area (Å²) in [6.45, 7) is 2.97. The van der Waals surface area contributed by atoms with Gasteiger partial charge >= 0.3 is 0 Å². The van der Waals surface area contributed by atoms with Crippen LogP contribution in [0.1, 0.15) is 13.3 Å². The van der Waals surface area contributed by atoms with Crippen molar-refractivity contribution in [3.8, 4) is 0 Å². The van der Waals surface area contributed by atoms with Gasteiger partial charge in [0.2, 0.25) is 5.95 Å². The zero-order valence-corrected chi connectivity index (χ0v) is 11.7. The normalized spacial score (nSPS) is 10.1. The molecule has 0 fully saturated rings. The van der Waals surface area contributed by atoms with Crippen molar-refractivity contribution in [1.29, 1.82) is 0 Å². The minimum atomic E-state index is 0.637. The van der Waals surface area contributed by atoms with E-state index in [4.69, 9.17) is 0 Å². The number of aromatic nitrogens is 2. The lowest BCUT2D eigenvalue weighted by atomic mass is 10.3. The summed E-state index contributed by atoms with van der Waals surface area (Å²) in [5.41, 5.74) is 0.998. The van der Waals surface area contributed by atoms with Gasteiger partial charge in [-0.15, -0.1) is 0 Å². The molecule has 2 N–H and O–H groups in total. The smallest absolute Gasteiger partial charge is 0.224 e. The van der Waals surface area contributed by atoms with Crippen LogP contribution in [0.3, 0.4) is 0 Å². The average molecular weight is 307 g/mol. The van der Waals surface area contributed by atoms with Gasteiger partial charge in [0, 0.05) is 18.4 Å². The summed E-state index contributed by atoms with van der Waals surface area (Å²) in [5, 5.41) is 6.42. The quantitative estimate of drug-likeness (QED) is 0.882. The number of halogens is 1. The van der Waals surface area contributed by atoms with Crippen molar-refractivity contribution in [3.63, 3.8) is 0 Å². The van der Waals surface area contributed by atoms with E-state index in [1.54, 1.807) is 6.20 Å². The molecule has 0 bridgehead atoms. The standard InChI is InChI=1S/C13H15BrN4/c1-2-8-15-13-16-9-11(14)12(18-13)17-10-6-4-3-5-7-10/h3-7,9H,2,8H2,1H3,(H2,15,16,17,18). The van der Waals surface area contributed by atoms with Gasteiger partial charge in [0.1, 0.15) is 5.82 Å². The third-order valence-electron chi connectivity index (χ3n) is 2.31. The van der Waals surface area contributed by atoms with E-state index in [1.165, 1.54) is 0 Å². The van der Waals surface area contributed by atoms with Gasteiger partial charge in [0.15, 0.2) is 0 Å². The number of benzene rings is 1. The lowest BCUT2D eigenvalue weighted by Crippen LogP contribution is -2.06. The highest BCUT2D eigenvalue weighted by Crippen LogP contribution is 2.23. The SMILES string of the molecule is CCCNc1ncc(Br)c(Nc2ccccc2)n1. The molecule has 0 spiro atoms. The number of nitrogens with one attached hydrogen (secondary N) is 2. The first kappa shape index (κ1) is 12.8. The molecule has 0 aliphatic heterocycles. The lowest BCUT2D eigenvalue weighted by Gasteiger charge is -2.09. The summed E-state index contributed by atoms with van der Waals surface area (Å²) in [6, 6.07) is 9.93. The highest BCUT2D eigenvalue weighted by atomic mass is 79.9. The zero-order chi connectivity index (χ0) is 12.8. The fourth-order valence-corrected chi connectivity index (χ4v) is 1.73. The van der Waals surface area contributed by atoms with Crippen LogP contribution in [0.5, 0.6) is 0 Å². The maximum atomic E-state index is 4.42. The van der Waals surface area contributed by atoms with Crippen LogP contribution >= 0.6 is 15.9 Å². The molecule has 4 nitrogen and oxygen atoms in total. The summed E-state index contributed by atoms with van der Waals surface area (Å²) in [7, 11) is 0. The average Bonchev–Trinajstić information content (AvgIpc) is 2.41. The molecule has 1 aromatic heterocycles. The van der Waals surface area contributed by atoms with Crippen LogP contribution in [0.25, 0.3) is 0 Å². The van der Waals surface area contributed by atoms with Crippen LogP contribution in [0.4, 0.5) is 17.5 Å². The number of hydrogen-bond acceptors (Lipinski definition) is 4. The number of anilines is 3. The molecule has 1 heterocycles. The van der Waals surface area contributed by atoms with Crippen LogP contribution in [0.2, 0.25) is 0 Å². The van der Waals surface area contributed by atoms with Gasteiger partial charge in [-0.3, -0.25) is 0 Å². The molecule has 0 aliphatic carbocycles. The summed E-state index contributed by atoms with van der Waals surface area (Å²) < 4.78 is 0.841. The van der Waals surface area contributed by atoms with E-state index >= 15 is 0 Å². The molecule has 5 heteroatoms. The second-order valence-corrected chi connectivity index (χ2v) is 4.66. The minimum Gasteiger partial charge on any atom is -0.354 e. The van der Waals surface area contributed by atoms with Gasteiger partial charge in [-0.05, 0) is 34.5 Å². The molecule has 0 unspecified atom stereocenters. The van der Waals surface area contributed by atoms with Crippen LogP contribution in [-0.2, 0) is 0 Å². The molecule has 0 aliphatic rings. The van der Waals surface area contributed by atoms with Gasteiger partial charge in [0.25, 0.3) is 0 Å². The van der Waals surface area contributed by atoms with E-state index in [2.05, 4.69) is 43.5 Å². The van der Waals surface area contributed by atoms with E-state index in [0.29, 0.717) is 5.95 Å². The van der Waals surface area contributed by atoms with Gasteiger partial charge in [-0.1, -0.05) is 25.1 Å². The Hall–Kier alpha value is -1.62. The van der Waals surface area contributed by atoms with E-state index < -0.39 is 0 Å². The van der Waals surface area contributed by atoms with Crippen molar-refractivity contribution in [3.05, 3.63) is 41.0 Å². The maximum Gasteiger partial charge on any atom is 0.224 e. The van der Waals surface area contributed by atoms with Crippen molar-refractivity contribution < 1.29 is 0 Å². The highest BCUT2D eigenvalue weighted by molar-refractivity contribution is 9.10. The van der Waals surface area contributed by atoms with Gasteiger partial charge < -0.3 is 10.6 Å². The molecule has 0 saturated carbocycles. The van der Waals surface area contributed by atoms with Gasteiger partial charge in [0.05, 0.1) is 4.47 Å². The van der Waals surface area contributed by atoms with Crippen molar-refractivity contribution in [1.82, 2.24) is 9.97 Å². The van der Waals surface area contributed by atoms with Crippen LogP contribution in [-0.4, -0.2) is 16.5 Å². The molecule has 1 aromatic carbocycles. The second kappa shape index (κ2) is 6.35. The van der Waals surface area contributed by atoms with E-state index in [-0.39, 0.29) is 0 Å². The van der Waals surface area contributed by atoms with Gasteiger partial charge in [-0.25, -0.2) is 4.98 Å². The largest absolute Gasteiger partial charge is 0.354 e. The number of nitrogens with zero attached hydrogens (tertiary/aromatic N) is 2. The number of hydrogen-bond donors (Lipinski definition) is 2. The molecular formula is C13H15BrN4. The molecule has 18 heavy (non-hydrogen) atoms. The monoisotopic (exact) mass is 306 g/mol. The predicted octanol–water partition coefficient (Wildman–Crippen LogP) is 3.80. The molecule has 94 valence electrons. The summed E-state index contributed by atoms with van der Waals surface area (Å²) >= 11 is 3.44. The second-order valence-electron chi connectivity index (χ2n) is 3.81.